The number of benzene rings is 1. The third-order valence-corrected chi connectivity index (χ3v) is 6.15. The van der Waals surface area contributed by atoms with E-state index in [-0.39, 0.29) is 23.8 Å². The minimum absolute atomic E-state index is 0.122. The summed E-state index contributed by atoms with van der Waals surface area (Å²) in [5.41, 5.74) is 3.24. The summed E-state index contributed by atoms with van der Waals surface area (Å²) in [6, 6.07) is 8.11. The predicted octanol–water partition coefficient (Wildman–Crippen LogP) is 4.57. The van der Waals surface area contributed by atoms with Gasteiger partial charge in [-0.25, -0.2) is 0 Å². The third kappa shape index (κ3) is 3.98. The van der Waals surface area contributed by atoms with Gasteiger partial charge in [-0.2, -0.15) is 0 Å². The number of carbonyl (C=O) groups excluding carboxylic acids is 2. The minimum atomic E-state index is -0.597. The number of hydrogen-bond donors (Lipinski definition) is 1. The Balaban J connectivity index is 2.07. The van der Waals surface area contributed by atoms with E-state index in [2.05, 4.69) is 11.9 Å². The summed E-state index contributed by atoms with van der Waals surface area (Å²) < 4.78 is 5.64. The minimum Gasteiger partial charge on any atom is -0.462 e. The van der Waals surface area contributed by atoms with E-state index >= 15 is 0 Å². The topological polar surface area (TPSA) is 55.4 Å². The van der Waals surface area contributed by atoms with Crippen LogP contribution < -0.4 is 5.32 Å². The first-order chi connectivity index (χ1) is 13.0. The Kier molecular flexibility index (Phi) is 6.10. The molecule has 0 amide bonds. The Morgan fingerprint density at radius 3 is 2.67 bits per heavy atom. The van der Waals surface area contributed by atoms with Crippen LogP contribution in [0, 0.1) is 5.92 Å². The second kappa shape index (κ2) is 8.34. The molecule has 0 fully saturated rings. The first-order valence-electron chi connectivity index (χ1n) is 9.52. The molecule has 0 radical (unpaired) electrons. The molecule has 0 saturated carbocycles. The number of nitrogens with one attached hydrogen (secondary N) is 1. The molecule has 2 aliphatic rings. The molecule has 27 heavy (non-hydrogen) atoms. The highest BCUT2D eigenvalue weighted by Gasteiger charge is 2.44. The van der Waals surface area contributed by atoms with E-state index in [0.29, 0.717) is 12.1 Å². The van der Waals surface area contributed by atoms with Crippen molar-refractivity contribution in [2.24, 2.45) is 5.92 Å². The normalized spacial score (nSPS) is 23.5. The van der Waals surface area contributed by atoms with E-state index in [4.69, 9.17) is 4.74 Å². The zero-order chi connectivity index (χ0) is 19.6. The summed E-state index contributed by atoms with van der Waals surface area (Å²) in [5, 5.41) is 3.25. The molecule has 0 bridgehead atoms. The van der Waals surface area contributed by atoms with Gasteiger partial charge >= 0.3 is 5.97 Å². The van der Waals surface area contributed by atoms with Gasteiger partial charge in [0.25, 0.3) is 0 Å². The van der Waals surface area contributed by atoms with Gasteiger partial charge in [-0.1, -0.05) is 25.6 Å². The Morgan fingerprint density at radius 2 is 2.04 bits per heavy atom. The van der Waals surface area contributed by atoms with Crippen molar-refractivity contribution in [2.75, 3.05) is 6.26 Å². The fraction of sp³-hybridized carbons (Fsp3) is 0.455. The molecule has 3 rings (SSSR count). The SMILES string of the molecule is C=C1NC2=C(C(=O)CCC2)C(c2ccc(SC)cc2)C1C(=O)OC(C)CC. The summed E-state index contributed by atoms with van der Waals surface area (Å²) in [7, 11) is 0. The molecule has 0 saturated heterocycles. The molecule has 5 heteroatoms. The van der Waals surface area contributed by atoms with Crippen molar-refractivity contribution >= 4 is 23.5 Å². The summed E-state index contributed by atoms with van der Waals surface area (Å²) in [5.74, 6) is -1.13. The van der Waals surface area contributed by atoms with Gasteiger partial charge in [0, 0.05) is 34.2 Å². The van der Waals surface area contributed by atoms with Crippen molar-refractivity contribution in [1.82, 2.24) is 5.32 Å². The van der Waals surface area contributed by atoms with E-state index in [1.807, 2.05) is 44.4 Å². The van der Waals surface area contributed by atoms with Gasteiger partial charge in [0.1, 0.15) is 5.92 Å². The maximum atomic E-state index is 13.0. The molecule has 0 aromatic heterocycles. The van der Waals surface area contributed by atoms with Gasteiger partial charge < -0.3 is 10.1 Å². The van der Waals surface area contributed by atoms with Gasteiger partial charge in [-0.3, -0.25) is 9.59 Å². The van der Waals surface area contributed by atoms with Gasteiger partial charge in [0.15, 0.2) is 5.78 Å². The molecule has 1 aliphatic heterocycles. The van der Waals surface area contributed by atoms with Crippen LogP contribution in [0.15, 0.2) is 52.7 Å². The second-order valence-corrected chi connectivity index (χ2v) is 8.08. The second-order valence-electron chi connectivity index (χ2n) is 7.20. The molecule has 3 atom stereocenters. The number of hydrogen-bond acceptors (Lipinski definition) is 5. The summed E-state index contributed by atoms with van der Waals surface area (Å²) >= 11 is 1.67. The van der Waals surface area contributed by atoms with Crippen molar-refractivity contribution in [1.29, 1.82) is 0 Å². The fourth-order valence-electron chi connectivity index (χ4n) is 3.80. The maximum Gasteiger partial charge on any atom is 0.316 e. The van der Waals surface area contributed by atoms with Crippen LogP contribution in [0.4, 0.5) is 0 Å². The van der Waals surface area contributed by atoms with Crippen LogP contribution in [0.3, 0.4) is 0 Å². The van der Waals surface area contributed by atoms with Crippen molar-refractivity contribution in [2.45, 2.75) is 56.4 Å². The zero-order valence-electron chi connectivity index (χ0n) is 16.2. The Bertz CT molecular complexity index is 781. The predicted molar refractivity (Wildman–Crippen MR) is 108 cm³/mol. The van der Waals surface area contributed by atoms with Crippen LogP contribution in [0.5, 0.6) is 0 Å². The number of thioether (sulfide) groups is 1. The van der Waals surface area contributed by atoms with Crippen molar-refractivity contribution in [3.8, 4) is 0 Å². The molecule has 0 spiro atoms. The standard InChI is InChI=1S/C22H27NO3S/c1-5-13(2)26-22(25)19-14(3)23-17-7-6-8-18(24)21(17)20(19)15-9-11-16(27-4)12-10-15/h9-13,19-20,23H,3,5-8H2,1-2,4H3. The first-order valence-corrected chi connectivity index (χ1v) is 10.7. The zero-order valence-corrected chi connectivity index (χ0v) is 17.0. The summed E-state index contributed by atoms with van der Waals surface area (Å²) in [6.07, 6.45) is 4.78. The van der Waals surface area contributed by atoms with Crippen LogP contribution in [-0.2, 0) is 14.3 Å². The highest BCUT2D eigenvalue weighted by atomic mass is 32.2. The molecule has 1 aromatic carbocycles. The van der Waals surface area contributed by atoms with Gasteiger partial charge in [0.2, 0.25) is 0 Å². The first kappa shape index (κ1) is 19.7. The number of Topliss-reactive ketones (excluding diaryl/α,β-unsaturated/α-hetero) is 1. The fourth-order valence-corrected chi connectivity index (χ4v) is 4.21. The average molecular weight is 386 g/mol. The van der Waals surface area contributed by atoms with Crippen LogP contribution >= 0.6 is 11.8 Å². The number of ether oxygens (including phenoxy) is 1. The Labute approximate surface area is 165 Å². The third-order valence-electron chi connectivity index (χ3n) is 5.41. The maximum absolute atomic E-state index is 13.0. The quantitative estimate of drug-likeness (QED) is 0.594. The summed E-state index contributed by atoms with van der Waals surface area (Å²) in [4.78, 5) is 27.0. The van der Waals surface area contributed by atoms with E-state index in [1.54, 1.807) is 11.8 Å². The highest BCUT2D eigenvalue weighted by molar-refractivity contribution is 7.98. The van der Waals surface area contributed by atoms with Gasteiger partial charge in [-0.05, 0) is 50.1 Å². The van der Waals surface area contributed by atoms with Crippen molar-refractivity contribution < 1.29 is 14.3 Å². The van der Waals surface area contributed by atoms with Crippen molar-refractivity contribution in [3.05, 3.63) is 53.4 Å². The van der Waals surface area contributed by atoms with E-state index in [0.717, 1.165) is 41.0 Å². The molecular formula is C22H27NO3S. The summed E-state index contributed by atoms with van der Waals surface area (Å²) in [6.45, 7) is 7.98. The molecular weight excluding hydrogens is 358 g/mol. The van der Waals surface area contributed by atoms with E-state index in [1.165, 1.54) is 0 Å². The van der Waals surface area contributed by atoms with Crippen molar-refractivity contribution in [3.63, 3.8) is 0 Å². The lowest BCUT2D eigenvalue weighted by atomic mass is 9.71. The largest absolute Gasteiger partial charge is 0.462 e. The highest BCUT2D eigenvalue weighted by Crippen LogP contribution is 2.44. The lowest BCUT2D eigenvalue weighted by molar-refractivity contribution is -0.152. The molecule has 3 unspecified atom stereocenters. The average Bonchev–Trinajstić information content (AvgIpc) is 2.67. The number of carbonyl (C=O) groups is 2. The van der Waals surface area contributed by atoms with E-state index in [9.17, 15) is 9.59 Å². The molecule has 144 valence electrons. The van der Waals surface area contributed by atoms with Gasteiger partial charge in [-0.15, -0.1) is 11.8 Å². The van der Waals surface area contributed by atoms with Gasteiger partial charge in [0.05, 0.1) is 6.10 Å². The smallest absolute Gasteiger partial charge is 0.316 e. The lowest BCUT2D eigenvalue weighted by Gasteiger charge is -2.38. The van der Waals surface area contributed by atoms with E-state index < -0.39 is 5.92 Å². The monoisotopic (exact) mass is 385 g/mol. The molecule has 1 aromatic rings. The van der Waals surface area contributed by atoms with Crippen LogP contribution in [0.25, 0.3) is 0 Å². The Morgan fingerprint density at radius 1 is 1.33 bits per heavy atom. The van der Waals surface area contributed by atoms with Crippen LogP contribution in [0.1, 0.15) is 51.0 Å². The number of ketones is 1. The number of rotatable bonds is 5. The number of allylic oxidation sites excluding steroid dienone is 2. The Hall–Kier alpha value is -2.01. The van der Waals surface area contributed by atoms with Crippen LogP contribution in [0.2, 0.25) is 0 Å². The molecule has 1 heterocycles. The number of esters is 1. The molecule has 4 nitrogen and oxygen atoms in total. The van der Waals surface area contributed by atoms with Crippen LogP contribution in [-0.4, -0.2) is 24.1 Å². The lowest BCUT2D eigenvalue weighted by Crippen LogP contribution is -2.41. The molecule has 1 aliphatic carbocycles. The molecule has 1 N–H and O–H groups in total.